The molecule has 0 saturated carbocycles. The van der Waals surface area contributed by atoms with E-state index in [9.17, 15) is 4.79 Å². The van der Waals surface area contributed by atoms with E-state index in [1.54, 1.807) is 0 Å². The highest BCUT2D eigenvalue weighted by atomic mass is 16.6. The number of hydrogen-bond donors (Lipinski definition) is 1. The molecule has 2 rings (SSSR count). The molecule has 1 N–H and O–H groups in total. The number of ether oxygens (including phenoxy) is 1. The second-order valence-corrected chi connectivity index (χ2v) is 7.21. The van der Waals surface area contributed by atoms with Gasteiger partial charge in [-0.25, -0.2) is 4.79 Å². The lowest BCUT2D eigenvalue weighted by molar-refractivity contribution is 0.0494. The van der Waals surface area contributed by atoms with Crippen molar-refractivity contribution in [1.82, 2.24) is 5.32 Å². The molecule has 0 fully saturated rings. The summed E-state index contributed by atoms with van der Waals surface area (Å²) in [4.78, 5) is 12.3. The Balaban J connectivity index is 2.25. The molecule has 0 heterocycles. The monoisotopic (exact) mass is 337 g/mol. The van der Waals surface area contributed by atoms with Gasteiger partial charge in [-0.1, -0.05) is 74.2 Å². The van der Waals surface area contributed by atoms with Crippen LogP contribution in [-0.2, 0) is 4.74 Å². The summed E-state index contributed by atoms with van der Waals surface area (Å²) in [6.07, 6.45) is -0.422. The van der Waals surface area contributed by atoms with E-state index in [-0.39, 0.29) is 12.0 Å². The van der Waals surface area contributed by atoms with Crippen LogP contribution in [0.3, 0.4) is 0 Å². The standard InChI is InChI=1S/C22H27NO2/c1-16(18-12-8-6-9-13-18)17(2)20(19-14-10-7-11-15-19)23-21(24)25-22(3,4)5/h6-15,17,20H,1H2,2-5H3,(H,23,24)/t17-,20-/m1/s1. The Morgan fingerprint density at radius 3 is 2.04 bits per heavy atom. The molecule has 0 radical (unpaired) electrons. The normalized spacial score (nSPS) is 13.6. The number of carbonyl (C=O) groups excluding carboxylic acids is 1. The van der Waals surface area contributed by atoms with Crippen molar-refractivity contribution in [2.24, 2.45) is 5.92 Å². The zero-order valence-corrected chi connectivity index (χ0v) is 15.5. The Morgan fingerprint density at radius 1 is 1.00 bits per heavy atom. The van der Waals surface area contributed by atoms with Crippen molar-refractivity contribution in [2.45, 2.75) is 39.3 Å². The Kier molecular flexibility index (Phi) is 6.02. The van der Waals surface area contributed by atoms with Gasteiger partial charge in [-0.05, 0) is 37.5 Å². The smallest absolute Gasteiger partial charge is 0.408 e. The molecule has 0 saturated heterocycles. The third-order valence-electron chi connectivity index (χ3n) is 4.03. The van der Waals surface area contributed by atoms with E-state index < -0.39 is 11.7 Å². The molecule has 0 aliphatic carbocycles. The minimum atomic E-state index is -0.537. The van der Waals surface area contributed by atoms with Crippen LogP contribution in [-0.4, -0.2) is 11.7 Å². The molecule has 2 aromatic rings. The van der Waals surface area contributed by atoms with Crippen molar-refractivity contribution >= 4 is 11.7 Å². The lowest BCUT2D eigenvalue weighted by atomic mass is 9.85. The van der Waals surface area contributed by atoms with Gasteiger partial charge >= 0.3 is 6.09 Å². The van der Waals surface area contributed by atoms with Crippen molar-refractivity contribution in [3.8, 4) is 0 Å². The summed E-state index contributed by atoms with van der Waals surface area (Å²) in [7, 11) is 0. The summed E-state index contributed by atoms with van der Waals surface area (Å²) in [6.45, 7) is 11.9. The number of benzene rings is 2. The van der Waals surface area contributed by atoms with Crippen LogP contribution in [0.15, 0.2) is 67.2 Å². The minimum absolute atomic E-state index is 0.0114. The molecule has 132 valence electrons. The fraction of sp³-hybridized carbons (Fsp3) is 0.318. The fourth-order valence-electron chi connectivity index (χ4n) is 2.71. The van der Waals surface area contributed by atoms with Crippen LogP contribution >= 0.6 is 0 Å². The van der Waals surface area contributed by atoms with Crippen LogP contribution in [0.2, 0.25) is 0 Å². The van der Waals surface area contributed by atoms with Gasteiger partial charge in [0.05, 0.1) is 6.04 Å². The summed E-state index contributed by atoms with van der Waals surface area (Å²) in [5.41, 5.74) is 2.54. The maximum atomic E-state index is 12.3. The van der Waals surface area contributed by atoms with Crippen LogP contribution in [0.25, 0.3) is 5.57 Å². The van der Waals surface area contributed by atoms with Crippen molar-refractivity contribution in [1.29, 1.82) is 0 Å². The summed E-state index contributed by atoms with van der Waals surface area (Å²) in [5.74, 6) is 0.0114. The largest absolute Gasteiger partial charge is 0.444 e. The van der Waals surface area contributed by atoms with Crippen LogP contribution in [0.1, 0.15) is 44.9 Å². The van der Waals surface area contributed by atoms with Gasteiger partial charge < -0.3 is 10.1 Å². The molecule has 2 atom stereocenters. The number of alkyl carbamates (subject to hydrolysis) is 1. The first-order valence-electron chi connectivity index (χ1n) is 8.56. The number of nitrogens with one attached hydrogen (secondary N) is 1. The van der Waals surface area contributed by atoms with E-state index in [1.807, 2.05) is 81.4 Å². The van der Waals surface area contributed by atoms with E-state index in [2.05, 4.69) is 18.8 Å². The quantitative estimate of drug-likeness (QED) is 0.771. The second kappa shape index (κ2) is 8.02. The molecule has 0 spiro atoms. The molecule has 0 bridgehead atoms. The van der Waals surface area contributed by atoms with Gasteiger partial charge in [-0.15, -0.1) is 0 Å². The van der Waals surface area contributed by atoms with Crippen LogP contribution in [0, 0.1) is 5.92 Å². The third kappa shape index (κ3) is 5.49. The fourth-order valence-corrected chi connectivity index (χ4v) is 2.71. The lowest BCUT2D eigenvalue weighted by Gasteiger charge is -2.29. The highest BCUT2D eigenvalue weighted by molar-refractivity contribution is 5.71. The summed E-state index contributed by atoms with van der Waals surface area (Å²) in [5, 5.41) is 3.02. The van der Waals surface area contributed by atoms with Gasteiger partial charge in [0, 0.05) is 5.92 Å². The summed E-state index contributed by atoms with van der Waals surface area (Å²) in [6, 6.07) is 19.7. The molecule has 0 unspecified atom stereocenters. The number of hydrogen-bond acceptors (Lipinski definition) is 2. The van der Waals surface area contributed by atoms with Crippen LogP contribution in [0.4, 0.5) is 4.79 Å². The molecule has 3 heteroatoms. The first kappa shape index (κ1) is 18.8. The highest BCUT2D eigenvalue weighted by Gasteiger charge is 2.26. The van der Waals surface area contributed by atoms with Gasteiger partial charge in [0.2, 0.25) is 0 Å². The number of carbonyl (C=O) groups is 1. The molecule has 0 aliphatic heterocycles. The topological polar surface area (TPSA) is 38.3 Å². The van der Waals surface area contributed by atoms with Crippen molar-refractivity contribution in [2.75, 3.05) is 0 Å². The predicted octanol–water partition coefficient (Wildman–Crippen LogP) is 5.60. The molecule has 0 aromatic heterocycles. The first-order chi connectivity index (χ1) is 11.8. The Bertz CT molecular complexity index is 702. The highest BCUT2D eigenvalue weighted by Crippen LogP contribution is 2.32. The van der Waals surface area contributed by atoms with Gasteiger partial charge in [0.1, 0.15) is 5.60 Å². The molecule has 25 heavy (non-hydrogen) atoms. The maximum Gasteiger partial charge on any atom is 0.408 e. The lowest BCUT2D eigenvalue weighted by Crippen LogP contribution is -2.37. The third-order valence-corrected chi connectivity index (χ3v) is 4.03. The average molecular weight is 337 g/mol. The number of rotatable bonds is 5. The average Bonchev–Trinajstić information content (AvgIpc) is 2.58. The van der Waals surface area contributed by atoms with Gasteiger partial charge in [-0.3, -0.25) is 0 Å². The predicted molar refractivity (Wildman–Crippen MR) is 103 cm³/mol. The zero-order chi connectivity index (χ0) is 18.4. The Morgan fingerprint density at radius 2 is 1.52 bits per heavy atom. The van der Waals surface area contributed by atoms with Gasteiger partial charge in [0.15, 0.2) is 0 Å². The molecular formula is C22H27NO2. The van der Waals surface area contributed by atoms with Gasteiger partial charge in [0.25, 0.3) is 0 Å². The SMILES string of the molecule is C=C(c1ccccc1)[C@@H](C)[C@@H](NC(=O)OC(C)(C)C)c1ccccc1. The van der Waals surface area contributed by atoms with E-state index in [0.717, 1.165) is 16.7 Å². The molecule has 1 amide bonds. The van der Waals surface area contributed by atoms with Gasteiger partial charge in [-0.2, -0.15) is 0 Å². The zero-order valence-electron chi connectivity index (χ0n) is 15.5. The Hall–Kier alpha value is -2.55. The summed E-state index contributed by atoms with van der Waals surface area (Å²) >= 11 is 0. The van der Waals surface area contributed by atoms with Crippen molar-refractivity contribution in [3.63, 3.8) is 0 Å². The van der Waals surface area contributed by atoms with E-state index in [0.29, 0.717) is 0 Å². The summed E-state index contributed by atoms with van der Waals surface area (Å²) < 4.78 is 5.45. The van der Waals surface area contributed by atoms with E-state index in [1.165, 1.54) is 0 Å². The molecule has 0 aliphatic rings. The van der Waals surface area contributed by atoms with Crippen LogP contribution < -0.4 is 5.32 Å². The number of amides is 1. The van der Waals surface area contributed by atoms with E-state index >= 15 is 0 Å². The molecule has 2 aromatic carbocycles. The van der Waals surface area contributed by atoms with Crippen LogP contribution in [0.5, 0.6) is 0 Å². The molecule has 3 nitrogen and oxygen atoms in total. The molecular weight excluding hydrogens is 310 g/mol. The second-order valence-electron chi connectivity index (χ2n) is 7.21. The van der Waals surface area contributed by atoms with Crippen molar-refractivity contribution in [3.05, 3.63) is 78.4 Å². The maximum absolute atomic E-state index is 12.3. The minimum Gasteiger partial charge on any atom is -0.444 e. The first-order valence-corrected chi connectivity index (χ1v) is 8.56. The van der Waals surface area contributed by atoms with E-state index in [4.69, 9.17) is 4.74 Å². The van der Waals surface area contributed by atoms with Crippen molar-refractivity contribution < 1.29 is 9.53 Å². The Labute approximate surface area is 150 Å².